The van der Waals surface area contributed by atoms with Crippen LogP contribution < -0.4 is 9.64 Å². The molecule has 1 aliphatic carbocycles. The van der Waals surface area contributed by atoms with Crippen molar-refractivity contribution in [2.45, 2.75) is 37.9 Å². The molecule has 2 fully saturated rings. The molecule has 2 aromatic carbocycles. The number of anilines is 1. The van der Waals surface area contributed by atoms with Crippen LogP contribution in [-0.2, 0) is 12.2 Å². The lowest BCUT2D eigenvalue weighted by Crippen LogP contribution is -2.60. The maximum Gasteiger partial charge on any atom is 0.147 e. The van der Waals surface area contributed by atoms with Crippen molar-refractivity contribution < 1.29 is 18.8 Å². The van der Waals surface area contributed by atoms with Crippen molar-refractivity contribution in [1.82, 2.24) is 10.1 Å². The molecule has 1 saturated heterocycles. The molecule has 0 atom stereocenters. The number of benzene rings is 2. The first-order valence-corrected chi connectivity index (χ1v) is 12.7. The lowest BCUT2D eigenvalue weighted by molar-refractivity contribution is 0.00712. The van der Waals surface area contributed by atoms with Crippen LogP contribution in [0.4, 0.5) is 10.2 Å². The fourth-order valence-corrected chi connectivity index (χ4v) is 5.28. The largest absolute Gasteiger partial charge is 0.489 e. The summed E-state index contributed by atoms with van der Waals surface area (Å²) in [6, 6.07) is 15.3. The van der Waals surface area contributed by atoms with Crippen molar-refractivity contribution in [3.8, 4) is 23.1 Å². The molecule has 0 amide bonds. The number of halogens is 2. The van der Waals surface area contributed by atoms with Gasteiger partial charge in [-0.1, -0.05) is 22.8 Å². The second-order valence-electron chi connectivity index (χ2n) is 9.94. The summed E-state index contributed by atoms with van der Waals surface area (Å²) >= 11 is 6.60. The average Bonchev–Trinajstić information content (AvgIpc) is 3.65. The molecule has 4 aromatic rings. The van der Waals surface area contributed by atoms with Crippen molar-refractivity contribution in [3.63, 3.8) is 0 Å². The van der Waals surface area contributed by atoms with Gasteiger partial charge in [0.05, 0.1) is 35.3 Å². The van der Waals surface area contributed by atoms with E-state index < -0.39 is 5.60 Å². The van der Waals surface area contributed by atoms with Gasteiger partial charge in [-0.2, -0.15) is 5.26 Å². The van der Waals surface area contributed by atoms with Crippen molar-refractivity contribution in [2.75, 3.05) is 18.0 Å². The Labute approximate surface area is 224 Å². The van der Waals surface area contributed by atoms with Gasteiger partial charge in [0.1, 0.15) is 41.0 Å². The van der Waals surface area contributed by atoms with E-state index in [1.54, 1.807) is 42.6 Å². The number of nitrogens with zero attached hydrogens (tertiary/aromatic N) is 4. The van der Waals surface area contributed by atoms with Crippen LogP contribution in [0.2, 0.25) is 5.02 Å². The zero-order valence-electron chi connectivity index (χ0n) is 20.6. The van der Waals surface area contributed by atoms with Gasteiger partial charge in [-0.15, -0.1) is 0 Å². The van der Waals surface area contributed by atoms with Crippen LogP contribution in [0.5, 0.6) is 5.75 Å². The van der Waals surface area contributed by atoms with E-state index in [0.29, 0.717) is 52.4 Å². The summed E-state index contributed by atoms with van der Waals surface area (Å²) in [5.41, 5.74) is 3.06. The summed E-state index contributed by atoms with van der Waals surface area (Å²) in [5, 5.41) is 25.0. The van der Waals surface area contributed by atoms with Crippen molar-refractivity contribution in [3.05, 3.63) is 93.6 Å². The van der Waals surface area contributed by atoms with Gasteiger partial charge in [-0.25, -0.2) is 9.37 Å². The van der Waals surface area contributed by atoms with E-state index in [2.05, 4.69) is 16.2 Å². The fraction of sp³-hybridized carbons (Fsp3) is 0.276. The smallest absolute Gasteiger partial charge is 0.147 e. The molecule has 192 valence electrons. The standard InChI is InChI=1S/C29H24ClFN4O3/c1-17-10-20(31)4-6-22(17)27-23(28(38-34-27)19-2-3-19)14-37-21-5-7-24(25(30)12-21)29(36)15-35(16-29)26-11-18(13-32)8-9-33-26/h4-12,19,36H,2-3,14-16H2,1H3. The van der Waals surface area contributed by atoms with Crippen molar-refractivity contribution in [1.29, 1.82) is 5.26 Å². The van der Waals surface area contributed by atoms with Crippen LogP contribution >= 0.6 is 11.6 Å². The predicted molar refractivity (Wildman–Crippen MR) is 139 cm³/mol. The molecular formula is C29H24ClFN4O3. The number of pyridine rings is 1. The first-order valence-electron chi connectivity index (χ1n) is 12.4. The number of nitriles is 1. The lowest BCUT2D eigenvalue weighted by Gasteiger charge is -2.47. The second-order valence-corrected chi connectivity index (χ2v) is 10.3. The Kier molecular flexibility index (Phi) is 6.05. The lowest BCUT2D eigenvalue weighted by atomic mass is 9.86. The molecule has 2 aromatic heterocycles. The van der Waals surface area contributed by atoms with E-state index in [-0.39, 0.29) is 12.4 Å². The van der Waals surface area contributed by atoms with E-state index in [1.807, 2.05) is 11.8 Å². The Morgan fingerprint density at radius 2 is 2.03 bits per heavy atom. The number of aliphatic hydroxyl groups is 1. The van der Waals surface area contributed by atoms with Gasteiger partial charge < -0.3 is 19.3 Å². The molecular weight excluding hydrogens is 507 g/mol. The number of aromatic nitrogens is 2. The topological polar surface area (TPSA) is 95.4 Å². The van der Waals surface area contributed by atoms with Gasteiger partial charge in [0.2, 0.25) is 0 Å². The Balaban J connectivity index is 1.19. The molecule has 7 nitrogen and oxygen atoms in total. The van der Waals surface area contributed by atoms with Crippen LogP contribution in [0, 0.1) is 24.1 Å². The van der Waals surface area contributed by atoms with Crippen molar-refractivity contribution in [2.24, 2.45) is 0 Å². The zero-order valence-corrected chi connectivity index (χ0v) is 21.4. The number of β-amino-alcohol motifs (C(OH)–C–C–N with tert-alkyl or cyclic N) is 1. The summed E-state index contributed by atoms with van der Waals surface area (Å²) in [4.78, 5) is 6.19. The molecule has 0 bridgehead atoms. The van der Waals surface area contributed by atoms with Gasteiger partial charge in [0.15, 0.2) is 0 Å². The minimum absolute atomic E-state index is 0.218. The van der Waals surface area contributed by atoms with Crippen LogP contribution in [-0.4, -0.2) is 28.3 Å². The van der Waals surface area contributed by atoms with Gasteiger partial charge >= 0.3 is 0 Å². The molecule has 1 aliphatic heterocycles. The molecule has 1 saturated carbocycles. The maximum atomic E-state index is 13.7. The fourth-order valence-electron chi connectivity index (χ4n) is 4.93. The summed E-state index contributed by atoms with van der Waals surface area (Å²) in [6.45, 7) is 2.67. The number of ether oxygens (including phenoxy) is 1. The van der Waals surface area contributed by atoms with Crippen LogP contribution in [0.25, 0.3) is 11.3 Å². The third kappa shape index (κ3) is 4.49. The molecule has 0 radical (unpaired) electrons. The molecule has 6 rings (SSSR count). The maximum absolute atomic E-state index is 13.7. The third-order valence-corrected chi connectivity index (χ3v) is 7.45. The Morgan fingerprint density at radius 3 is 2.74 bits per heavy atom. The zero-order chi connectivity index (χ0) is 26.4. The van der Waals surface area contributed by atoms with Crippen molar-refractivity contribution >= 4 is 17.4 Å². The highest BCUT2D eigenvalue weighted by Gasteiger charge is 2.44. The normalized spacial score (nSPS) is 16.1. The summed E-state index contributed by atoms with van der Waals surface area (Å²) in [7, 11) is 0. The van der Waals surface area contributed by atoms with E-state index in [1.165, 1.54) is 12.1 Å². The Morgan fingerprint density at radius 1 is 1.21 bits per heavy atom. The van der Waals surface area contributed by atoms with Gasteiger partial charge in [0.25, 0.3) is 0 Å². The van der Waals surface area contributed by atoms with E-state index in [9.17, 15) is 9.50 Å². The highest BCUT2D eigenvalue weighted by atomic mass is 35.5. The highest BCUT2D eigenvalue weighted by molar-refractivity contribution is 6.31. The minimum atomic E-state index is -1.14. The molecule has 2 aliphatic rings. The minimum Gasteiger partial charge on any atom is -0.489 e. The summed E-state index contributed by atoms with van der Waals surface area (Å²) < 4.78 is 25.5. The van der Waals surface area contributed by atoms with Crippen LogP contribution in [0.3, 0.4) is 0 Å². The molecule has 0 unspecified atom stereocenters. The van der Waals surface area contributed by atoms with Gasteiger partial charge in [-0.05, 0) is 67.8 Å². The Bertz CT molecular complexity index is 1570. The third-order valence-electron chi connectivity index (χ3n) is 7.14. The van der Waals surface area contributed by atoms with E-state index in [4.69, 9.17) is 26.1 Å². The second kappa shape index (κ2) is 9.43. The highest BCUT2D eigenvalue weighted by Crippen LogP contribution is 2.45. The number of aryl methyl sites for hydroxylation is 1. The average molecular weight is 531 g/mol. The first-order chi connectivity index (χ1) is 18.3. The molecule has 9 heteroatoms. The number of hydrogen-bond acceptors (Lipinski definition) is 7. The van der Waals surface area contributed by atoms with E-state index in [0.717, 1.165) is 35.3 Å². The summed E-state index contributed by atoms with van der Waals surface area (Å²) in [5.74, 6) is 2.02. The monoisotopic (exact) mass is 530 g/mol. The quantitative estimate of drug-likeness (QED) is 0.319. The number of hydrogen-bond donors (Lipinski definition) is 1. The SMILES string of the molecule is Cc1cc(F)ccc1-c1noc(C2CC2)c1COc1ccc(C2(O)CN(c3cc(C#N)ccn3)C2)c(Cl)c1. The van der Waals surface area contributed by atoms with Crippen LogP contribution in [0.1, 0.15) is 46.8 Å². The summed E-state index contributed by atoms with van der Waals surface area (Å²) in [6.07, 6.45) is 3.66. The predicted octanol–water partition coefficient (Wildman–Crippen LogP) is 5.87. The number of rotatable bonds is 7. The molecule has 3 heterocycles. The molecule has 1 N–H and O–H groups in total. The molecule has 38 heavy (non-hydrogen) atoms. The first kappa shape index (κ1) is 24.4. The Hall–Kier alpha value is -3.93. The van der Waals surface area contributed by atoms with E-state index >= 15 is 0 Å². The van der Waals surface area contributed by atoms with Gasteiger partial charge in [-0.3, -0.25) is 0 Å². The molecule has 0 spiro atoms. The van der Waals surface area contributed by atoms with Gasteiger partial charge in [0, 0.05) is 23.2 Å². The van der Waals surface area contributed by atoms with Crippen LogP contribution in [0.15, 0.2) is 59.3 Å².